The number of benzene rings is 1. The van der Waals surface area contributed by atoms with E-state index in [0.29, 0.717) is 11.6 Å². The van der Waals surface area contributed by atoms with E-state index in [9.17, 15) is 9.18 Å². The first kappa shape index (κ1) is 12.2. The highest BCUT2D eigenvalue weighted by Crippen LogP contribution is 2.21. The van der Waals surface area contributed by atoms with Crippen molar-refractivity contribution in [3.05, 3.63) is 41.7 Å². The minimum Gasteiger partial charge on any atom is -0.485 e. The van der Waals surface area contributed by atoms with Gasteiger partial charge in [0, 0.05) is 7.05 Å². The van der Waals surface area contributed by atoms with Gasteiger partial charge in [-0.1, -0.05) is 0 Å². The second-order valence-electron chi connectivity index (χ2n) is 3.84. The Kier molecular flexibility index (Phi) is 3.36. The second-order valence-corrected chi connectivity index (χ2v) is 3.84. The lowest BCUT2D eigenvalue weighted by molar-refractivity contribution is 0.101. The maximum atomic E-state index is 13.1. The van der Waals surface area contributed by atoms with Gasteiger partial charge in [0.05, 0.1) is 5.56 Å². The molecule has 1 aromatic heterocycles. The fourth-order valence-electron chi connectivity index (χ4n) is 1.48. The number of hydrogen-bond donors (Lipinski definition) is 0. The molecule has 6 heteroatoms. The molecular weight excluding hydrogens is 237 g/mol. The summed E-state index contributed by atoms with van der Waals surface area (Å²) in [6, 6.07) is 3.84. The third-order valence-electron chi connectivity index (χ3n) is 2.48. The van der Waals surface area contributed by atoms with Gasteiger partial charge in [-0.15, -0.1) is 10.2 Å². The van der Waals surface area contributed by atoms with Gasteiger partial charge in [-0.25, -0.2) is 4.39 Å². The van der Waals surface area contributed by atoms with Crippen molar-refractivity contribution in [2.75, 3.05) is 0 Å². The second kappa shape index (κ2) is 4.95. The zero-order valence-electron chi connectivity index (χ0n) is 10.1. The van der Waals surface area contributed by atoms with E-state index in [1.54, 1.807) is 17.9 Å². The maximum absolute atomic E-state index is 13.1. The topological polar surface area (TPSA) is 57.0 Å². The highest BCUT2D eigenvalue weighted by Gasteiger charge is 2.11. The molecule has 0 unspecified atom stereocenters. The van der Waals surface area contributed by atoms with Crippen molar-refractivity contribution in [2.24, 2.45) is 7.05 Å². The van der Waals surface area contributed by atoms with E-state index in [4.69, 9.17) is 4.74 Å². The van der Waals surface area contributed by atoms with Gasteiger partial charge in [0.25, 0.3) is 0 Å². The van der Waals surface area contributed by atoms with E-state index in [0.717, 1.165) is 6.07 Å². The monoisotopic (exact) mass is 249 g/mol. The smallest absolute Gasteiger partial charge is 0.170 e. The zero-order valence-corrected chi connectivity index (χ0v) is 10.1. The standard InChI is InChI=1S/C12H12FN3O2/c1-8(17)10-5-9(13)3-4-11(10)18-6-12-15-14-7-16(12)2/h3-5,7H,6H2,1-2H3. The minimum atomic E-state index is -0.466. The SMILES string of the molecule is CC(=O)c1cc(F)ccc1OCc1nncn1C. The Morgan fingerprint density at radius 1 is 1.50 bits per heavy atom. The van der Waals surface area contributed by atoms with Gasteiger partial charge in [0.15, 0.2) is 11.6 Å². The Hall–Kier alpha value is -2.24. The average Bonchev–Trinajstić information content (AvgIpc) is 2.73. The number of aromatic nitrogens is 3. The van der Waals surface area contributed by atoms with Gasteiger partial charge in [0.1, 0.15) is 24.5 Å². The summed E-state index contributed by atoms with van der Waals surface area (Å²) in [5.41, 5.74) is 0.220. The number of Topliss-reactive ketones (excluding diaryl/α,β-unsaturated/α-hetero) is 1. The van der Waals surface area contributed by atoms with Crippen molar-refractivity contribution in [1.82, 2.24) is 14.8 Å². The fourth-order valence-corrected chi connectivity index (χ4v) is 1.48. The molecule has 0 aliphatic heterocycles. The Morgan fingerprint density at radius 2 is 2.28 bits per heavy atom. The number of ether oxygens (including phenoxy) is 1. The van der Waals surface area contributed by atoms with Crippen molar-refractivity contribution in [3.63, 3.8) is 0 Å². The van der Waals surface area contributed by atoms with Crippen LogP contribution in [0.2, 0.25) is 0 Å². The lowest BCUT2D eigenvalue weighted by Gasteiger charge is -2.09. The molecule has 0 radical (unpaired) electrons. The summed E-state index contributed by atoms with van der Waals surface area (Å²) in [6.07, 6.45) is 1.55. The van der Waals surface area contributed by atoms with E-state index in [-0.39, 0.29) is 18.0 Å². The molecule has 0 fully saturated rings. The molecule has 0 spiro atoms. The molecule has 0 saturated heterocycles. The summed E-state index contributed by atoms with van der Waals surface area (Å²) < 4.78 is 20.2. The van der Waals surface area contributed by atoms with Crippen LogP contribution in [0, 0.1) is 5.82 Å². The third-order valence-corrected chi connectivity index (χ3v) is 2.48. The van der Waals surface area contributed by atoms with Gasteiger partial charge in [-0.05, 0) is 25.1 Å². The van der Waals surface area contributed by atoms with Crippen LogP contribution in [0.3, 0.4) is 0 Å². The van der Waals surface area contributed by atoms with E-state index in [1.807, 2.05) is 0 Å². The first-order valence-corrected chi connectivity index (χ1v) is 5.34. The number of ketones is 1. The molecule has 2 rings (SSSR count). The van der Waals surface area contributed by atoms with Crippen LogP contribution in [0.4, 0.5) is 4.39 Å². The fraction of sp³-hybridized carbons (Fsp3) is 0.250. The number of hydrogen-bond acceptors (Lipinski definition) is 4. The quantitative estimate of drug-likeness (QED) is 0.774. The highest BCUT2D eigenvalue weighted by molar-refractivity contribution is 5.96. The molecule has 0 aliphatic carbocycles. The van der Waals surface area contributed by atoms with Crippen LogP contribution in [0.1, 0.15) is 23.1 Å². The Labute approximate surface area is 103 Å². The number of nitrogens with zero attached hydrogens (tertiary/aromatic N) is 3. The van der Waals surface area contributed by atoms with Crippen molar-refractivity contribution >= 4 is 5.78 Å². The van der Waals surface area contributed by atoms with Crippen molar-refractivity contribution in [1.29, 1.82) is 0 Å². The van der Waals surface area contributed by atoms with Crippen LogP contribution in [0.5, 0.6) is 5.75 Å². The molecule has 0 bridgehead atoms. The van der Waals surface area contributed by atoms with Crippen molar-refractivity contribution < 1.29 is 13.9 Å². The number of halogens is 1. The van der Waals surface area contributed by atoms with E-state index >= 15 is 0 Å². The molecule has 0 saturated carbocycles. The Morgan fingerprint density at radius 3 is 2.89 bits per heavy atom. The molecule has 1 heterocycles. The van der Waals surface area contributed by atoms with Gasteiger partial charge in [0.2, 0.25) is 0 Å². The zero-order chi connectivity index (χ0) is 13.1. The van der Waals surface area contributed by atoms with Gasteiger partial charge in [-0.2, -0.15) is 0 Å². The molecule has 18 heavy (non-hydrogen) atoms. The summed E-state index contributed by atoms with van der Waals surface area (Å²) in [5.74, 6) is 0.245. The number of carbonyl (C=O) groups excluding carboxylic acids is 1. The Balaban J connectivity index is 2.19. The Bertz CT molecular complexity index is 580. The molecule has 0 atom stereocenters. The van der Waals surface area contributed by atoms with E-state index < -0.39 is 5.82 Å². The molecular formula is C12H12FN3O2. The summed E-state index contributed by atoms with van der Waals surface area (Å²) in [5, 5.41) is 7.56. The highest BCUT2D eigenvalue weighted by atomic mass is 19.1. The number of rotatable bonds is 4. The summed E-state index contributed by atoms with van der Waals surface area (Å²) in [4.78, 5) is 11.4. The molecule has 5 nitrogen and oxygen atoms in total. The lowest BCUT2D eigenvalue weighted by atomic mass is 10.1. The molecule has 0 aliphatic rings. The largest absolute Gasteiger partial charge is 0.485 e. The molecule has 0 amide bonds. The normalized spacial score (nSPS) is 10.4. The van der Waals surface area contributed by atoms with Gasteiger partial charge in [-0.3, -0.25) is 4.79 Å². The molecule has 2 aromatic rings. The van der Waals surface area contributed by atoms with Crippen LogP contribution < -0.4 is 4.74 Å². The average molecular weight is 249 g/mol. The predicted octanol–water partition coefficient (Wildman–Crippen LogP) is 1.74. The van der Waals surface area contributed by atoms with Gasteiger partial charge >= 0.3 is 0 Å². The van der Waals surface area contributed by atoms with Crippen molar-refractivity contribution in [3.8, 4) is 5.75 Å². The molecule has 0 N–H and O–H groups in total. The molecule has 94 valence electrons. The number of carbonyl (C=O) groups is 1. The lowest BCUT2D eigenvalue weighted by Crippen LogP contribution is -2.06. The van der Waals surface area contributed by atoms with Crippen molar-refractivity contribution in [2.45, 2.75) is 13.5 Å². The summed E-state index contributed by atoms with van der Waals surface area (Å²) in [7, 11) is 1.79. The minimum absolute atomic E-state index is 0.169. The van der Waals surface area contributed by atoms with Crippen LogP contribution in [0.25, 0.3) is 0 Å². The van der Waals surface area contributed by atoms with Crippen LogP contribution >= 0.6 is 0 Å². The van der Waals surface area contributed by atoms with E-state index in [2.05, 4.69) is 10.2 Å². The molecule has 1 aromatic carbocycles. The first-order chi connectivity index (χ1) is 8.58. The maximum Gasteiger partial charge on any atom is 0.170 e. The number of aryl methyl sites for hydroxylation is 1. The first-order valence-electron chi connectivity index (χ1n) is 5.34. The summed E-state index contributed by atoms with van der Waals surface area (Å²) >= 11 is 0. The predicted molar refractivity (Wildman–Crippen MR) is 61.7 cm³/mol. The van der Waals surface area contributed by atoms with Crippen LogP contribution in [-0.4, -0.2) is 20.5 Å². The van der Waals surface area contributed by atoms with Crippen LogP contribution in [-0.2, 0) is 13.7 Å². The van der Waals surface area contributed by atoms with Crippen LogP contribution in [0.15, 0.2) is 24.5 Å². The van der Waals surface area contributed by atoms with E-state index in [1.165, 1.54) is 19.1 Å². The van der Waals surface area contributed by atoms with Gasteiger partial charge < -0.3 is 9.30 Å². The summed E-state index contributed by atoms with van der Waals surface area (Å²) in [6.45, 7) is 1.53. The third kappa shape index (κ3) is 2.53.